The van der Waals surface area contributed by atoms with Gasteiger partial charge in [-0.15, -0.1) is 5.10 Å². The van der Waals surface area contributed by atoms with Crippen LogP contribution in [-0.2, 0) is 4.74 Å². The third kappa shape index (κ3) is 2.83. The Bertz CT molecular complexity index is 825. The van der Waals surface area contributed by atoms with Gasteiger partial charge < -0.3 is 15.2 Å². The van der Waals surface area contributed by atoms with E-state index in [2.05, 4.69) is 15.4 Å². The van der Waals surface area contributed by atoms with Crippen LogP contribution in [0.5, 0.6) is 0 Å². The Morgan fingerprint density at radius 1 is 1.36 bits per heavy atom. The lowest BCUT2D eigenvalue weighted by molar-refractivity contribution is -0.0136. The van der Waals surface area contributed by atoms with Crippen molar-refractivity contribution < 1.29 is 14.2 Å². The number of aliphatic hydroxyl groups excluding tert-OH is 1. The van der Waals surface area contributed by atoms with Gasteiger partial charge in [-0.25, -0.2) is 13.9 Å². The Kier molecular flexibility index (Phi) is 4.27. The first kappa shape index (κ1) is 16.2. The lowest BCUT2D eigenvalue weighted by atomic mass is 10.0. The Hall–Kier alpha value is -2.24. The maximum absolute atomic E-state index is 14.6. The van der Waals surface area contributed by atoms with Crippen LogP contribution in [0.15, 0.2) is 6.20 Å². The van der Waals surface area contributed by atoms with Crippen LogP contribution in [0.1, 0.15) is 49.3 Å². The second kappa shape index (κ2) is 6.58. The fourth-order valence-electron chi connectivity index (χ4n) is 3.84. The number of halogens is 1. The second-order valence-electron chi connectivity index (χ2n) is 6.73. The Balaban J connectivity index is 1.73. The van der Waals surface area contributed by atoms with E-state index in [0.717, 1.165) is 25.7 Å². The molecule has 2 N–H and O–H groups in total. The summed E-state index contributed by atoms with van der Waals surface area (Å²) in [5.74, 6) is -0.0951. The van der Waals surface area contributed by atoms with Crippen LogP contribution < -0.4 is 5.32 Å². The van der Waals surface area contributed by atoms with Gasteiger partial charge in [0.15, 0.2) is 5.82 Å². The highest BCUT2D eigenvalue weighted by atomic mass is 19.1. The first-order valence-electron chi connectivity index (χ1n) is 8.68. The van der Waals surface area contributed by atoms with Gasteiger partial charge in [-0.2, -0.15) is 5.26 Å². The molecule has 4 rings (SSSR count). The minimum atomic E-state index is -0.640. The van der Waals surface area contributed by atoms with Gasteiger partial charge in [0.05, 0.1) is 30.6 Å². The molecule has 0 spiro atoms. The summed E-state index contributed by atoms with van der Waals surface area (Å²) in [6.07, 6.45) is 5.43. The number of aromatic nitrogens is 3. The summed E-state index contributed by atoms with van der Waals surface area (Å²) in [6.45, 7) is 0.824. The molecule has 7 nitrogen and oxygen atoms in total. The summed E-state index contributed by atoms with van der Waals surface area (Å²) in [5, 5.41) is 27.0. The van der Waals surface area contributed by atoms with E-state index >= 15 is 0 Å². The van der Waals surface area contributed by atoms with Gasteiger partial charge >= 0.3 is 0 Å². The zero-order valence-electron chi connectivity index (χ0n) is 13.8. The fraction of sp³-hybridized carbons (Fsp3) is 0.588. The lowest BCUT2D eigenvalue weighted by Crippen LogP contribution is -2.42. The molecule has 2 atom stereocenters. The SMILES string of the molecule is N#Cc1c(F)c2cnc(N[C@@H]3CCOC[C@H]3O)nn2c1C1CCCC1. The number of nitriles is 1. The van der Waals surface area contributed by atoms with E-state index in [1.54, 1.807) is 0 Å². The minimum absolute atomic E-state index is 0.0736. The van der Waals surface area contributed by atoms with Gasteiger partial charge in [-0.3, -0.25) is 0 Å². The van der Waals surface area contributed by atoms with Crippen LogP contribution >= 0.6 is 0 Å². The molecular weight excluding hydrogens is 325 g/mol. The highest BCUT2D eigenvalue weighted by molar-refractivity contribution is 5.58. The Morgan fingerprint density at radius 3 is 2.88 bits per heavy atom. The molecule has 8 heteroatoms. The van der Waals surface area contributed by atoms with E-state index in [9.17, 15) is 14.8 Å². The quantitative estimate of drug-likeness (QED) is 0.883. The maximum Gasteiger partial charge on any atom is 0.241 e. The minimum Gasteiger partial charge on any atom is -0.389 e. The molecule has 1 aliphatic carbocycles. The third-order valence-electron chi connectivity index (χ3n) is 5.16. The topological polar surface area (TPSA) is 95.5 Å². The van der Waals surface area contributed by atoms with Crippen molar-refractivity contribution in [3.05, 3.63) is 23.3 Å². The molecule has 2 aromatic heterocycles. The molecule has 0 bridgehead atoms. The van der Waals surface area contributed by atoms with Gasteiger partial charge in [0, 0.05) is 12.5 Å². The van der Waals surface area contributed by atoms with Gasteiger partial charge in [0.25, 0.3) is 0 Å². The molecule has 2 fully saturated rings. The summed E-state index contributed by atoms with van der Waals surface area (Å²) >= 11 is 0. The van der Waals surface area contributed by atoms with Gasteiger partial charge in [-0.05, 0) is 19.3 Å². The maximum atomic E-state index is 14.6. The fourth-order valence-corrected chi connectivity index (χ4v) is 3.84. The van der Waals surface area contributed by atoms with E-state index < -0.39 is 11.9 Å². The number of fused-ring (bicyclic) bond motifs is 1. The second-order valence-corrected chi connectivity index (χ2v) is 6.73. The van der Waals surface area contributed by atoms with Crippen molar-refractivity contribution in [1.29, 1.82) is 5.26 Å². The van der Waals surface area contributed by atoms with Crippen LogP contribution in [0.2, 0.25) is 0 Å². The number of hydrogen-bond acceptors (Lipinski definition) is 6. The number of hydrogen-bond donors (Lipinski definition) is 2. The van der Waals surface area contributed by atoms with Crippen molar-refractivity contribution in [3.63, 3.8) is 0 Å². The molecule has 0 radical (unpaired) electrons. The number of aliphatic hydroxyl groups is 1. The van der Waals surface area contributed by atoms with E-state index in [-0.39, 0.29) is 29.6 Å². The Labute approximate surface area is 144 Å². The van der Waals surface area contributed by atoms with Crippen molar-refractivity contribution in [2.24, 2.45) is 0 Å². The smallest absolute Gasteiger partial charge is 0.241 e. The zero-order chi connectivity index (χ0) is 17.4. The molecule has 25 heavy (non-hydrogen) atoms. The summed E-state index contributed by atoms with van der Waals surface area (Å²) in [7, 11) is 0. The number of nitrogens with one attached hydrogen (secondary N) is 1. The molecule has 1 aliphatic heterocycles. The van der Waals surface area contributed by atoms with Gasteiger partial charge in [-0.1, -0.05) is 12.8 Å². The Morgan fingerprint density at radius 2 is 2.16 bits per heavy atom. The summed E-state index contributed by atoms with van der Waals surface area (Å²) in [6, 6.07) is 1.79. The van der Waals surface area contributed by atoms with Crippen LogP contribution in [0.4, 0.5) is 10.3 Å². The number of anilines is 1. The molecule has 3 heterocycles. The zero-order valence-corrected chi connectivity index (χ0v) is 13.8. The van der Waals surface area contributed by atoms with Crippen molar-refractivity contribution in [1.82, 2.24) is 14.6 Å². The normalized spacial score (nSPS) is 24.5. The van der Waals surface area contributed by atoms with Crippen LogP contribution in [0.3, 0.4) is 0 Å². The van der Waals surface area contributed by atoms with E-state index in [4.69, 9.17) is 4.74 Å². The van der Waals surface area contributed by atoms with Crippen LogP contribution in [-0.4, -0.2) is 45.1 Å². The average molecular weight is 345 g/mol. The molecule has 132 valence electrons. The van der Waals surface area contributed by atoms with Crippen LogP contribution in [0.25, 0.3) is 5.52 Å². The van der Waals surface area contributed by atoms with Crippen molar-refractivity contribution in [2.75, 3.05) is 18.5 Å². The van der Waals surface area contributed by atoms with E-state index in [0.29, 0.717) is 24.7 Å². The first-order chi connectivity index (χ1) is 12.2. The molecule has 1 saturated carbocycles. The first-order valence-corrected chi connectivity index (χ1v) is 8.68. The van der Waals surface area contributed by atoms with Crippen LogP contribution in [0, 0.1) is 17.1 Å². The average Bonchev–Trinajstić information content (AvgIpc) is 3.23. The summed E-state index contributed by atoms with van der Waals surface area (Å²) in [4.78, 5) is 4.17. The number of ether oxygens (including phenoxy) is 1. The monoisotopic (exact) mass is 345 g/mol. The van der Waals surface area contributed by atoms with E-state index in [1.807, 2.05) is 6.07 Å². The van der Waals surface area contributed by atoms with Crippen molar-refractivity contribution in [2.45, 2.75) is 50.2 Å². The van der Waals surface area contributed by atoms with E-state index in [1.165, 1.54) is 10.7 Å². The molecule has 2 aliphatic rings. The highest BCUT2D eigenvalue weighted by Gasteiger charge is 2.29. The standard InChI is InChI=1S/C17H20FN5O2/c18-15-11(7-19)16(10-3-1-2-4-10)23-13(15)8-20-17(22-23)21-12-5-6-25-9-14(12)24/h8,10,12,14,24H,1-6,9H2,(H,21,22)/t12-,14-/m1/s1. The number of nitrogens with zero attached hydrogens (tertiary/aromatic N) is 4. The third-order valence-corrected chi connectivity index (χ3v) is 5.16. The molecule has 0 unspecified atom stereocenters. The molecule has 2 aromatic rings. The van der Waals surface area contributed by atoms with Crippen molar-refractivity contribution in [3.8, 4) is 6.07 Å². The predicted molar refractivity (Wildman–Crippen MR) is 87.7 cm³/mol. The molecule has 0 aromatic carbocycles. The molecular formula is C17H20FN5O2. The van der Waals surface area contributed by atoms with Gasteiger partial charge in [0.2, 0.25) is 5.95 Å². The molecule has 1 saturated heterocycles. The number of rotatable bonds is 3. The summed E-state index contributed by atoms with van der Waals surface area (Å²) < 4.78 is 21.3. The molecule has 0 amide bonds. The van der Waals surface area contributed by atoms with Gasteiger partial charge in [0.1, 0.15) is 17.1 Å². The highest BCUT2D eigenvalue weighted by Crippen LogP contribution is 2.38. The lowest BCUT2D eigenvalue weighted by Gasteiger charge is -2.28. The largest absolute Gasteiger partial charge is 0.389 e. The van der Waals surface area contributed by atoms with Crippen molar-refractivity contribution >= 4 is 11.5 Å². The predicted octanol–water partition coefficient (Wildman–Crippen LogP) is 1.96. The summed E-state index contributed by atoms with van der Waals surface area (Å²) in [5.41, 5.74) is 0.937.